The summed E-state index contributed by atoms with van der Waals surface area (Å²) in [5.41, 5.74) is 6.82. The molecule has 2 aliphatic heterocycles. The lowest BCUT2D eigenvalue weighted by Crippen LogP contribution is -2.39. The molecule has 1 aromatic carbocycles. The fourth-order valence-electron chi connectivity index (χ4n) is 5.96. The van der Waals surface area contributed by atoms with Gasteiger partial charge in [0, 0.05) is 31.3 Å². The van der Waals surface area contributed by atoms with Crippen molar-refractivity contribution in [3.05, 3.63) is 88.0 Å². The molecule has 1 fully saturated rings. The maximum Gasteiger partial charge on any atom is 0.342 e. The molecule has 6 rings (SSSR count). The molecule has 4 heterocycles. The Bertz CT molecular complexity index is 1530. The Hall–Kier alpha value is -3.95. The van der Waals surface area contributed by atoms with Crippen LogP contribution in [0.3, 0.4) is 0 Å². The monoisotopic (exact) mass is 570 g/mol. The summed E-state index contributed by atoms with van der Waals surface area (Å²) in [4.78, 5) is 19.2. The second kappa shape index (κ2) is 12.1. The molecule has 1 saturated heterocycles. The summed E-state index contributed by atoms with van der Waals surface area (Å²) in [6.07, 6.45) is 7.24. The van der Waals surface area contributed by atoms with Gasteiger partial charge in [-0.25, -0.2) is 9.78 Å². The number of aromatic carboxylic acids is 1. The van der Waals surface area contributed by atoms with Crippen molar-refractivity contribution in [2.24, 2.45) is 0 Å². The van der Waals surface area contributed by atoms with E-state index in [-0.39, 0.29) is 17.5 Å². The number of carboxylic acid groups (broad SMARTS) is 1. The third-order valence-corrected chi connectivity index (χ3v) is 8.15. The summed E-state index contributed by atoms with van der Waals surface area (Å²) >= 11 is 0. The molecule has 42 heavy (non-hydrogen) atoms. The molecule has 0 radical (unpaired) electrons. The summed E-state index contributed by atoms with van der Waals surface area (Å²) < 4.78 is 19.4. The Labute approximate surface area is 246 Å². The van der Waals surface area contributed by atoms with Crippen molar-refractivity contribution < 1.29 is 24.1 Å². The van der Waals surface area contributed by atoms with Crippen molar-refractivity contribution in [1.29, 1.82) is 0 Å². The van der Waals surface area contributed by atoms with Crippen molar-refractivity contribution in [3.8, 4) is 11.7 Å². The van der Waals surface area contributed by atoms with Crippen LogP contribution in [0.1, 0.15) is 72.8 Å². The number of carboxylic acids is 1. The van der Waals surface area contributed by atoms with Gasteiger partial charge in [-0.05, 0) is 80.9 Å². The molecular formula is C33H38N4O5. The number of nitrogens with zero attached hydrogens (tertiary/aromatic N) is 4. The molecule has 0 spiro atoms. The van der Waals surface area contributed by atoms with Gasteiger partial charge in [0.15, 0.2) is 5.82 Å². The summed E-state index contributed by atoms with van der Waals surface area (Å²) in [5.74, 6) is 0.392. The largest absolute Gasteiger partial charge is 0.488 e. The van der Waals surface area contributed by atoms with Crippen LogP contribution in [-0.4, -0.2) is 62.6 Å². The van der Waals surface area contributed by atoms with E-state index in [1.165, 1.54) is 27.6 Å². The Morgan fingerprint density at radius 2 is 2.07 bits per heavy atom. The molecule has 1 aliphatic carbocycles. The van der Waals surface area contributed by atoms with Gasteiger partial charge in [0.25, 0.3) is 0 Å². The number of hydrogen-bond donors (Lipinski definition) is 1. The number of pyridine rings is 1. The van der Waals surface area contributed by atoms with Gasteiger partial charge >= 0.3 is 5.97 Å². The quantitative estimate of drug-likeness (QED) is 0.357. The highest BCUT2D eigenvalue weighted by molar-refractivity contribution is 5.90. The number of fused-ring (bicyclic) bond motifs is 1. The minimum Gasteiger partial charge on any atom is -0.488 e. The molecule has 2 aromatic heterocycles. The molecule has 9 nitrogen and oxygen atoms in total. The van der Waals surface area contributed by atoms with Crippen LogP contribution >= 0.6 is 0 Å². The molecule has 0 amide bonds. The SMILES string of the molecule is CC1=C(OCc2ccc3c(c2)CCN([C@H]2CCOC2)C3)C(c2cccc(-n3ncc(C(=O)O)c3OC(C)C)n2)=CCC1. The van der Waals surface area contributed by atoms with Crippen molar-refractivity contribution in [2.45, 2.75) is 71.8 Å². The first-order chi connectivity index (χ1) is 20.4. The number of benzene rings is 1. The molecular weight excluding hydrogens is 532 g/mol. The average molecular weight is 571 g/mol. The third kappa shape index (κ3) is 5.84. The smallest absolute Gasteiger partial charge is 0.342 e. The summed E-state index contributed by atoms with van der Waals surface area (Å²) in [5, 5.41) is 13.9. The Kier molecular flexibility index (Phi) is 8.13. The predicted octanol–water partition coefficient (Wildman–Crippen LogP) is 5.57. The van der Waals surface area contributed by atoms with Gasteiger partial charge in [0.2, 0.25) is 5.88 Å². The molecule has 3 aromatic rings. The fourth-order valence-corrected chi connectivity index (χ4v) is 5.96. The highest BCUT2D eigenvalue weighted by Crippen LogP contribution is 2.34. The van der Waals surface area contributed by atoms with Gasteiger partial charge in [-0.1, -0.05) is 30.3 Å². The molecule has 1 N–H and O–H groups in total. The van der Waals surface area contributed by atoms with Gasteiger partial charge < -0.3 is 19.3 Å². The van der Waals surface area contributed by atoms with Crippen LogP contribution in [0, 0.1) is 0 Å². The van der Waals surface area contributed by atoms with Crippen LogP contribution in [0.25, 0.3) is 11.4 Å². The lowest BCUT2D eigenvalue weighted by Gasteiger charge is -2.33. The predicted molar refractivity (Wildman–Crippen MR) is 159 cm³/mol. The van der Waals surface area contributed by atoms with E-state index in [4.69, 9.17) is 19.2 Å². The first kappa shape index (κ1) is 28.2. The second-order valence-electron chi connectivity index (χ2n) is 11.5. The topological polar surface area (TPSA) is 98.9 Å². The van der Waals surface area contributed by atoms with Crippen LogP contribution in [0.15, 0.2) is 60.0 Å². The van der Waals surface area contributed by atoms with E-state index in [1.54, 1.807) is 6.07 Å². The van der Waals surface area contributed by atoms with E-state index < -0.39 is 5.97 Å². The summed E-state index contributed by atoms with van der Waals surface area (Å²) in [6, 6.07) is 12.9. The van der Waals surface area contributed by atoms with E-state index in [9.17, 15) is 9.90 Å². The Morgan fingerprint density at radius 3 is 2.86 bits per heavy atom. The Balaban J connectivity index is 1.20. The minimum atomic E-state index is -1.10. The van der Waals surface area contributed by atoms with E-state index >= 15 is 0 Å². The summed E-state index contributed by atoms with van der Waals surface area (Å²) in [7, 11) is 0. The van der Waals surface area contributed by atoms with Crippen LogP contribution in [0.2, 0.25) is 0 Å². The van der Waals surface area contributed by atoms with Gasteiger partial charge in [0.05, 0.1) is 24.6 Å². The number of rotatable bonds is 9. The maximum absolute atomic E-state index is 11.8. The molecule has 0 saturated carbocycles. The lowest BCUT2D eigenvalue weighted by molar-refractivity contribution is 0.0690. The number of aromatic nitrogens is 3. The van der Waals surface area contributed by atoms with E-state index in [2.05, 4.69) is 41.2 Å². The number of hydrogen-bond acceptors (Lipinski definition) is 7. The van der Waals surface area contributed by atoms with Crippen molar-refractivity contribution in [1.82, 2.24) is 19.7 Å². The van der Waals surface area contributed by atoms with Crippen LogP contribution in [-0.2, 0) is 29.0 Å². The first-order valence-corrected chi connectivity index (χ1v) is 14.8. The van der Waals surface area contributed by atoms with Gasteiger partial charge in [0.1, 0.15) is 17.9 Å². The molecule has 0 bridgehead atoms. The molecule has 220 valence electrons. The van der Waals surface area contributed by atoms with E-state index in [1.807, 2.05) is 26.0 Å². The first-order valence-electron chi connectivity index (χ1n) is 14.8. The van der Waals surface area contributed by atoms with E-state index in [0.29, 0.717) is 18.5 Å². The van der Waals surface area contributed by atoms with Crippen LogP contribution < -0.4 is 4.74 Å². The zero-order valence-corrected chi connectivity index (χ0v) is 24.5. The van der Waals surface area contributed by atoms with E-state index in [0.717, 1.165) is 74.6 Å². The third-order valence-electron chi connectivity index (χ3n) is 8.15. The number of carbonyl (C=O) groups is 1. The number of ether oxygens (including phenoxy) is 3. The highest BCUT2D eigenvalue weighted by Gasteiger charge is 2.27. The number of allylic oxidation sites excluding steroid dienone is 3. The van der Waals surface area contributed by atoms with Gasteiger partial charge in [-0.3, -0.25) is 4.90 Å². The normalized spacial score (nSPS) is 19.1. The zero-order chi connectivity index (χ0) is 29.2. The molecule has 1 atom stereocenters. The second-order valence-corrected chi connectivity index (χ2v) is 11.5. The van der Waals surface area contributed by atoms with Crippen LogP contribution in [0.5, 0.6) is 5.88 Å². The minimum absolute atomic E-state index is 0.00198. The van der Waals surface area contributed by atoms with Gasteiger partial charge in [-0.15, -0.1) is 0 Å². The van der Waals surface area contributed by atoms with Crippen molar-refractivity contribution in [2.75, 3.05) is 19.8 Å². The molecule has 9 heteroatoms. The highest BCUT2D eigenvalue weighted by atomic mass is 16.5. The van der Waals surface area contributed by atoms with Crippen molar-refractivity contribution >= 4 is 11.5 Å². The average Bonchev–Trinajstić information content (AvgIpc) is 3.67. The van der Waals surface area contributed by atoms with Crippen LogP contribution in [0.4, 0.5) is 0 Å². The zero-order valence-electron chi connectivity index (χ0n) is 24.5. The lowest BCUT2D eigenvalue weighted by atomic mass is 9.95. The maximum atomic E-state index is 11.8. The fraction of sp³-hybridized carbons (Fsp3) is 0.424. The Morgan fingerprint density at radius 1 is 1.19 bits per heavy atom. The standard InChI is InChI=1S/C33H38N4O5/c1-21(2)42-32-28(33(38)39)17-34-37(32)30-9-5-8-29(35-30)27-7-4-6-22(3)31(27)41-19-23-10-11-25-18-36(14-12-24(25)16-23)26-13-15-40-20-26/h5,7-11,16-17,21,26H,4,6,12-15,18-20H2,1-3H3,(H,38,39)/t26-/m0/s1. The summed E-state index contributed by atoms with van der Waals surface area (Å²) in [6.45, 7) is 10.1. The molecule has 3 aliphatic rings. The van der Waals surface area contributed by atoms with Crippen molar-refractivity contribution in [3.63, 3.8) is 0 Å². The van der Waals surface area contributed by atoms with Gasteiger partial charge in [-0.2, -0.15) is 9.78 Å². The molecule has 0 unspecified atom stereocenters.